The lowest BCUT2D eigenvalue weighted by atomic mass is 9.94. The number of nitrogens with zero attached hydrogens (tertiary/aromatic N) is 1. The molecule has 1 aliphatic carbocycles. The molecule has 1 aromatic rings. The maximum atomic E-state index is 11.9. The van der Waals surface area contributed by atoms with Gasteiger partial charge in [-0.05, 0) is 38.9 Å². The van der Waals surface area contributed by atoms with E-state index < -0.39 is 0 Å². The molecule has 3 N–H and O–H groups in total. The van der Waals surface area contributed by atoms with E-state index in [1.807, 2.05) is 0 Å². The predicted molar refractivity (Wildman–Crippen MR) is 83.1 cm³/mol. The fourth-order valence-electron chi connectivity index (χ4n) is 2.94. The van der Waals surface area contributed by atoms with Gasteiger partial charge in [-0.3, -0.25) is 4.79 Å². The van der Waals surface area contributed by atoms with Crippen LogP contribution in [0.15, 0.2) is 16.7 Å². The first-order valence-electron chi connectivity index (χ1n) is 7.96. The summed E-state index contributed by atoms with van der Waals surface area (Å²) in [5, 5.41) is 2.93. The third kappa shape index (κ3) is 4.86. The van der Waals surface area contributed by atoms with Crippen molar-refractivity contribution in [2.75, 3.05) is 20.1 Å². The molecule has 0 atom stereocenters. The van der Waals surface area contributed by atoms with Crippen molar-refractivity contribution in [2.24, 2.45) is 5.73 Å². The highest BCUT2D eigenvalue weighted by molar-refractivity contribution is 5.93. The van der Waals surface area contributed by atoms with Crippen LogP contribution in [-0.2, 0) is 6.54 Å². The lowest BCUT2D eigenvalue weighted by Gasteiger charge is -2.31. The zero-order valence-electron chi connectivity index (χ0n) is 12.9. The van der Waals surface area contributed by atoms with Crippen LogP contribution < -0.4 is 11.1 Å². The summed E-state index contributed by atoms with van der Waals surface area (Å²) in [6.07, 6.45) is 9.17. The maximum absolute atomic E-state index is 11.9. The number of nitrogens with one attached hydrogen (secondary N) is 1. The number of hydrogen-bond donors (Lipinski definition) is 2. The number of carbonyl (C=O) groups is 1. The molecule has 1 heterocycles. The number of carbonyl (C=O) groups excluding carboxylic acids is 1. The second kappa shape index (κ2) is 8.20. The Hall–Kier alpha value is -1.33. The van der Waals surface area contributed by atoms with Crippen LogP contribution in [0.3, 0.4) is 0 Å². The van der Waals surface area contributed by atoms with Gasteiger partial charge in [0.1, 0.15) is 12.0 Å². The van der Waals surface area contributed by atoms with Gasteiger partial charge in [0.05, 0.1) is 12.1 Å². The van der Waals surface area contributed by atoms with Crippen molar-refractivity contribution < 1.29 is 9.21 Å². The predicted octanol–water partition coefficient (Wildman–Crippen LogP) is 2.12. The third-order valence-electron chi connectivity index (χ3n) is 4.29. The second-order valence-electron chi connectivity index (χ2n) is 5.89. The zero-order valence-corrected chi connectivity index (χ0v) is 12.9. The number of amides is 1. The van der Waals surface area contributed by atoms with Crippen molar-refractivity contribution in [3.63, 3.8) is 0 Å². The van der Waals surface area contributed by atoms with Crippen molar-refractivity contribution in [2.45, 2.75) is 51.1 Å². The summed E-state index contributed by atoms with van der Waals surface area (Å²) in [7, 11) is 2.20. The fraction of sp³-hybridized carbons (Fsp3) is 0.688. The molecule has 1 fully saturated rings. The fourth-order valence-corrected chi connectivity index (χ4v) is 2.94. The van der Waals surface area contributed by atoms with Crippen LogP contribution >= 0.6 is 0 Å². The van der Waals surface area contributed by atoms with Crippen LogP contribution in [0.1, 0.15) is 54.6 Å². The van der Waals surface area contributed by atoms with E-state index in [1.54, 1.807) is 6.07 Å². The van der Waals surface area contributed by atoms with Crippen LogP contribution in [0.4, 0.5) is 0 Å². The average molecular weight is 293 g/mol. The van der Waals surface area contributed by atoms with Gasteiger partial charge in [0, 0.05) is 12.6 Å². The second-order valence-corrected chi connectivity index (χ2v) is 5.89. The van der Waals surface area contributed by atoms with Gasteiger partial charge in [-0.25, -0.2) is 0 Å². The molecule has 0 spiro atoms. The Morgan fingerprint density at radius 1 is 1.43 bits per heavy atom. The van der Waals surface area contributed by atoms with Crippen LogP contribution in [0, 0.1) is 0 Å². The summed E-state index contributed by atoms with van der Waals surface area (Å²) in [6.45, 7) is 2.04. The van der Waals surface area contributed by atoms with Gasteiger partial charge in [-0.2, -0.15) is 0 Å². The summed E-state index contributed by atoms with van der Waals surface area (Å²) >= 11 is 0. The summed E-state index contributed by atoms with van der Waals surface area (Å²) in [5.74, 6) is 0.552. The standard InChI is InChI=1S/C16H27N3O2/c1-19(14-6-3-2-4-7-14)9-5-8-18-16(20)13-10-15(11-17)21-12-13/h10,12,14H,2-9,11,17H2,1H3,(H,18,20). The van der Waals surface area contributed by atoms with Crippen LogP contribution in [0.5, 0.6) is 0 Å². The summed E-state index contributed by atoms with van der Waals surface area (Å²) in [6, 6.07) is 2.43. The van der Waals surface area contributed by atoms with Crippen LogP contribution in [0.25, 0.3) is 0 Å². The van der Waals surface area contributed by atoms with Crippen molar-refractivity contribution in [3.05, 3.63) is 23.7 Å². The SMILES string of the molecule is CN(CCCNC(=O)c1coc(CN)c1)C1CCCCC1. The molecular weight excluding hydrogens is 266 g/mol. The molecule has 0 aliphatic heterocycles. The molecule has 5 nitrogen and oxygen atoms in total. The Morgan fingerprint density at radius 2 is 2.19 bits per heavy atom. The Kier molecular flexibility index (Phi) is 6.26. The zero-order chi connectivity index (χ0) is 15.1. The quantitative estimate of drug-likeness (QED) is 0.755. The van der Waals surface area contributed by atoms with E-state index in [-0.39, 0.29) is 5.91 Å². The van der Waals surface area contributed by atoms with E-state index in [1.165, 1.54) is 38.4 Å². The first-order valence-corrected chi connectivity index (χ1v) is 7.96. The third-order valence-corrected chi connectivity index (χ3v) is 4.29. The van der Waals surface area contributed by atoms with Gasteiger partial charge in [-0.1, -0.05) is 19.3 Å². The van der Waals surface area contributed by atoms with Gasteiger partial charge in [0.2, 0.25) is 0 Å². The molecule has 118 valence electrons. The summed E-state index contributed by atoms with van der Waals surface area (Å²) < 4.78 is 5.16. The molecule has 21 heavy (non-hydrogen) atoms. The van der Waals surface area contributed by atoms with E-state index >= 15 is 0 Å². The molecule has 1 saturated carbocycles. The molecule has 0 unspecified atom stereocenters. The molecule has 0 radical (unpaired) electrons. The van der Waals surface area contributed by atoms with Crippen LogP contribution in [0.2, 0.25) is 0 Å². The van der Waals surface area contributed by atoms with E-state index in [0.29, 0.717) is 24.4 Å². The number of furan rings is 1. The highest BCUT2D eigenvalue weighted by atomic mass is 16.3. The Bertz CT molecular complexity index is 438. The minimum Gasteiger partial charge on any atom is -0.467 e. The Balaban J connectivity index is 1.63. The molecule has 5 heteroatoms. The van der Waals surface area contributed by atoms with E-state index in [0.717, 1.165) is 19.0 Å². The molecule has 0 saturated heterocycles. The van der Waals surface area contributed by atoms with Crippen molar-refractivity contribution in [3.8, 4) is 0 Å². The molecule has 1 aromatic heterocycles. The highest BCUT2D eigenvalue weighted by Gasteiger charge is 2.17. The molecule has 2 rings (SSSR count). The number of rotatable bonds is 7. The Labute approximate surface area is 126 Å². The van der Waals surface area contributed by atoms with Gasteiger partial charge in [-0.15, -0.1) is 0 Å². The minimum absolute atomic E-state index is 0.0845. The monoisotopic (exact) mass is 293 g/mol. The molecule has 1 amide bonds. The first kappa shape index (κ1) is 16.0. The number of nitrogens with two attached hydrogens (primary N) is 1. The van der Waals surface area contributed by atoms with E-state index in [9.17, 15) is 4.79 Å². The average Bonchev–Trinajstić information content (AvgIpc) is 3.01. The number of hydrogen-bond acceptors (Lipinski definition) is 4. The highest BCUT2D eigenvalue weighted by Crippen LogP contribution is 2.21. The Morgan fingerprint density at radius 3 is 2.86 bits per heavy atom. The summed E-state index contributed by atoms with van der Waals surface area (Å²) in [5.41, 5.74) is 6.01. The largest absolute Gasteiger partial charge is 0.467 e. The minimum atomic E-state index is -0.0845. The van der Waals surface area contributed by atoms with Gasteiger partial charge in [0.25, 0.3) is 5.91 Å². The smallest absolute Gasteiger partial charge is 0.254 e. The molecule has 1 aliphatic rings. The molecule has 0 aromatic carbocycles. The van der Waals surface area contributed by atoms with Crippen molar-refractivity contribution in [1.29, 1.82) is 0 Å². The molecule has 0 bridgehead atoms. The normalized spacial score (nSPS) is 16.3. The van der Waals surface area contributed by atoms with Gasteiger partial charge >= 0.3 is 0 Å². The molecular formula is C16H27N3O2. The van der Waals surface area contributed by atoms with Gasteiger partial charge < -0.3 is 20.4 Å². The lowest BCUT2D eigenvalue weighted by molar-refractivity contribution is 0.0950. The first-order chi connectivity index (χ1) is 10.2. The van der Waals surface area contributed by atoms with Gasteiger partial charge in [0.15, 0.2) is 0 Å². The van der Waals surface area contributed by atoms with Crippen molar-refractivity contribution >= 4 is 5.91 Å². The maximum Gasteiger partial charge on any atom is 0.254 e. The van der Waals surface area contributed by atoms with Crippen LogP contribution in [-0.4, -0.2) is 37.0 Å². The summed E-state index contributed by atoms with van der Waals surface area (Å²) in [4.78, 5) is 14.3. The topological polar surface area (TPSA) is 71.5 Å². The van der Waals surface area contributed by atoms with Crippen molar-refractivity contribution in [1.82, 2.24) is 10.2 Å². The lowest BCUT2D eigenvalue weighted by Crippen LogP contribution is -2.35. The van der Waals surface area contributed by atoms with E-state index in [4.69, 9.17) is 10.2 Å². The van der Waals surface area contributed by atoms with E-state index in [2.05, 4.69) is 17.3 Å².